The van der Waals surface area contributed by atoms with Crippen LogP contribution in [0, 0.1) is 13.8 Å². The number of carbonyl (C=O) groups is 1. The normalized spacial score (nSPS) is 13.3. The quantitative estimate of drug-likeness (QED) is 0.230. The van der Waals surface area contributed by atoms with E-state index in [0.29, 0.717) is 18.3 Å². The van der Waals surface area contributed by atoms with E-state index in [1.165, 1.54) is 0 Å². The average Bonchev–Trinajstić information content (AvgIpc) is 3.76. The largest absolute Gasteiger partial charge is 0.359 e. The van der Waals surface area contributed by atoms with Crippen LogP contribution >= 0.6 is 0 Å². The highest BCUT2D eigenvalue weighted by Crippen LogP contribution is 2.40. The van der Waals surface area contributed by atoms with Gasteiger partial charge in [0.2, 0.25) is 5.95 Å². The second-order valence-corrected chi connectivity index (χ2v) is 12.2. The summed E-state index contributed by atoms with van der Waals surface area (Å²) < 4.78 is 4.08. The number of para-hydroxylation sites is 1. The number of nitrogens with one attached hydrogen (secondary N) is 2. The molecule has 0 radical (unpaired) electrons. The first-order valence-corrected chi connectivity index (χ1v) is 14.4. The number of aromatic nitrogens is 6. The number of anilines is 3. The van der Waals surface area contributed by atoms with Gasteiger partial charge in [-0.15, -0.1) is 0 Å². The number of hydrogen-bond donors (Lipinski definition) is 2. The lowest BCUT2D eigenvalue weighted by molar-refractivity contribution is 0.0997. The Balaban J connectivity index is 1.26. The Kier molecular flexibility index (Phi) is 6.02. The van der Waals surface area contributed by atoms with Crippen molar-refractivity contribution in [1.82, 2.24) is 29.3 Å². The van der Waals surface area contributed by atoms with Crippen LogP contribution in [0.1, 0.15) is 48.0 Å². The van der Waals surface area contributed by atoms with Gasteiger partial charge in [0.25, 0.3) is 5.91 Å². The van der Waals surface area contributed by atoms with Crippen molar-refractivity contribution in [3.63, 3.8) is 0 Å². The molecular formula is C34H34N8O. The monoisotopic (exact) mass is 570 g/mol. The van der Waals surface area contributed by atoms with Gasteiger partial charge in [0, 0.05) is 70.7 Å². The van der Waals surface area contributed by atoms with Gasteiger partial charge in [0.1, 0.15) is 0 Å². The molecule has 216 valence electrons. The molecule has 0 saturated heterocycles. The number of fused-ring (bicyclic) bond motifs is 2. The number of aromatic amines is 1. The fraction of sp³-hybridized carbons (Fsp3) is 0.235. The molecule has 7 rings (SSSR count). The molecule has 5 heterocycles. The highest BCUT2D eigenvalue weighted by Gasteiger charge is 2.33. The summed E-state index contributed by atoms with van der Waals surface area (Å²) >= 11 is 0. The van der Waals surface area contributed by atoms with Crippen molar-refractivity contribution in [1.29, 1.82) is 0 Å². The zero-order valence-electron chi connectivity index (χ0n) is 25.2. The molecule has 9 nitrogen and oxygen atoms in total. The first kappa shape index (κ1) is 26.7. The van der Waals surface area contributed by atoms with Gasteiger partial charge in [0.15, 0.2) is 5.82 Å². The summed E-state index contributed by atoms with van der Waals surface area (Å²) in [4.78, 5) is 28.6. The van der Waals surface area contributed by atoms with E-state index < -0.39 is 0 Å². The number of hydrogen-bond acceptors (Lipinski definition) is 5. The predicted molar refractivity (Wildman–Crippen MR) is 171 cm³/mol. The molecule has 0 unspecified atom stereocenters. The van der Waals surface area contributed by atoms with Gasteiger partial charge in [-0.1, -0.05) is 24.3 Å². The van der Waals surface area contributed by atoms with Crippen LogP contribution in [0.3, 0.4) is 0 Å². The molecule has 2 aromatic carbocycles. The molecule has 1 aliphatic rings. The van der Waals surface area contributed by atoms with Gasteiger partial charge < -0.3 is 19.8 Å². The van der Waals surface area contributed by atoms with E-state index in [4.69, 9.17) is 4.98 Å². The van der Waals surface area contributed by atoms with Crippen molar-refractivity contribution in [3.05, 3.63) is 95.6 Å². The smallest absolute Gasteiger partial charge is 0.259 e. The summed E-state index contributed by atoms with van der Waals surface area (Å²) in [6.45, 7) is 11.1. The van der Waals surface area contributed by atoms with Crippen molar-refractivity contribution < 1.29 is 4.79 Å². The third-order valence-electron chi connectivity index (χ3n) is 8.28. The lowest BCUT2D eigenvalue weighted by Gasteiger charge is -2.25. The van der Waals surface area contributed by atoms with E-state index in [2.05, 4.69) is 76.2 Å². The maximum Gasteiger partial charge on any atom is 0.259 e. The van der Waals surface area contributed by atoms with E-state index >= 15 is 0 Å². The molecular weight excluding hydrogens is 536 g/mol. The zero-order valence-corrected chi connectivity index (χ0v) is 25.2. The Morgan fingerprint density at radius 3 is 2.53 bits per heavy atom. The lowest BCUT2D eigenvalue weighted by Crippen LogP contribution is -2.23. The Morgan fingerprint density at radius 2 is 1.77 bits per heavy atom. The van der Waals surface area contributed by atoms with Crippen LogP contribution in [-0.4, -0.2) is 35.2 Å². The van der Waals surface area contributed by atoms with E-state index in [-0.39, 0.29) is 11.4 Å². The third kappa shape index (κ3) is 4.39. The lowest BCUT2D eigenvalue weighted by atomic mass is 9.99. The minimum absolute atomic E-state index is 0.00437. The van der Waals surface area contributed by atoms with Crippen molar-refractivity contribution in [2.24, 2.45) is 7.05 Å². The number of nitrogens with zero attached hydrogens (tertiary/aromatic N) is 6. The number of H-pyrrole nitrogens is 1. The molecule has 0 spiro atoms. The van der Waals surface area contributed by atoms with Crippen LogP contribution in [0.25, 0.3) is 33.4 Å². The maximum absolute atomic E-state index is 13.9. The number of amides is 1. The second kappa shape index (κ2) is 9.69. The molecule has 43 heavy (non-hydrogen) atoms. The highest BCUT2D eigenvalue weighted by atomic mass is 16.2. The van der Waals surface area contributed by atoms with E-state index in [9.17, 15) is 4.79 Å². The zero-order chi connectivity index (χ0) is 30.0. The molecule has 9 heteroatoms. The molecule has 0 aliphatic carbocycles. The summed E-state index contributed by atoms with van der Waals surface area (Å²) in [5.41, 5.74) is 9.40. The summed E-state index contributed by atoms with van der Waals surface area (Å²) in [5, 5.41) is 8.69. The number of rotatable bonds is 5. The van der Waals surface area contributed by atoms with Gasteiger partial charge in [-0.05, 0) is 70.0 Å². The molecule has 1 amide bonds. The molecule has 1 aliphatic heterocycles. The summed E-state index contributed by atoms with van der Waals surface area (Å²) in [6.07, 6.45) is 5.89. The van der Waals surface area contributed by atoms with Crippen LogP contribution in [0.15, 0.2) is 73.2 Å². The van der Waals surface area contributed by atoms with Gasteiger partial charge in [-0.25, -0.2) is 9.97 Å². The van der Waals surface area contributed by atoms with E-state index in [0.717, 1.165) is 61.5 Å². The van der Waals surface area contributed by atoms with Crippen LogP contribution < -0.4 is 10.2 Å². The van der Waals surface area contributed by atoms with Gasteiger partial charge in [-0.2, -0.15) is 5.10 Å². The Labute approximate surface area is 250 Å². The van der Waals surface area contributed by atoms with E-state index in [1.807, 2.05) is 73.2 Å². The predicted octanol–water partition coefficient (Wildman–Crippen LogP) is 7.10. The van der Waals surface area contributed by atoms with Crippen LogP contribution in [0.2, 0.25) is 0 Å². The fourth-order valence-electron chi connectivity index (χ4n) is 6.02. The molecule has 0 fully saturated rings. The van der Waals surface area contributed by atoms with Gasteiger partial charge in [0.05, 0.1) is 23.4 Å². The minimum Gasteiger partial charge on any atom is -0.359 e. The summed E-state index contributed by atoms with van der Waals surface area (Å²) in [6, 6.07) is 18.3. The first-order chi connectivity index (χ1) is 20.6. The molecule has 0 atom stereocenters. The number of benzene rings is 2. The topological polar surface area (TPSA) is 96.7 Å². The van der Waals surface area contributed by atoms with Gasteiger partial charge >= 0.3 is 0 Å². The second-order valence-electron chi connectivity index (χ2n) is 12.2. The van der Waals surface area contributed by atoms with Crippen LogP contribution in [0.4, 0.5) is 17.5 Å². The average molecular weight is 571 g/mol. The Hall–Kier alpha value is -5.18. The van der Waals surface area contributed by atoms with Crippen molar-refractivity contribution in [2.45, 2.75) is 46.7 Å². The molecule has 0 bridgehead atoms. The van der Waals surface area contributed by atoms with Crippen molar-refractivity contribution >= 4 is 34.3 Å². The SMILES string of the molecule is Cc1cnc(Nc2cc(C)n(C)n2)nc1-c1c[nH]c2c(N3Cc4c(cccc4-c4cccn4C(C)(C)C)C3=O)cccc12. The summed E-state index contributed by atoms with van der Waals surface area (Å²) in [7, 11) is 1.90. The van der Waals surface area contributed by atoms with Crippen molar-refractivity contribution in [3.8, 4) is 22.5 Å². The van der Waals surface area contributed by atoms with E-state index in [1.54, 1.807) is 0 Å². The molecule has 6 aromatic rings. The molecule has 0 saturated carbocycles. The number of aryl methyl sites for hydroxylation is 3. The Bertz CT molecular complexity index is 2020. The molecule has 2 N–H and O–H groups in total. The van der Waals surface area contributed by atoms with Crippen LogP contribution in [0.5, 0.6) is 0 Å². The molecule has 4 aromatic heterocycles. The van der Waals surface area contributed by atoms with Crippen LogP contribution in [-0.2, 0) is 19.1 Å². The first-order valence-electron chi connectivity index (χ1n) is 14.4. The van der Waals surface area contributed by atoms with Gasteiger partial charge in [-0.3, -0.25) is 9.48 Å². The minimum atomic E-state index is -0.0822. The maximum atomic E-state index is 13.9. The third-order valence-corrected chi connectivity index (χ3v) is 8.28. The fourth-order valence-corrected chi connectivity index (χ4v) is 6.02. The highest BCUT2D eigenvalue weighted by molar-refractivity contribution is 6.15. The Morgan fingerprint density at radius 1 is 0.977 bits per heavy atom. The number of carbonyl (C=O) groups excluding carboxylic acids is 1. The van der Waals surface area contributed by atoms with Crippen molar-refractivity contribution in [2.75, 3.05) is 10.2 Å². The summed E-state index contributed by atoms with van der Waals surface area (Å²) in [5.74, 6) is 1.17. The standard InChI is InChI=1S/C34H34N8O/c1-20-17-36-33(37-29-16-21(2)40(6)39-29)38-30(20)25-18-35-31-23(25)11-8-13-28(31)41-19-26-22(10-7-12-24(26)32(41)43)27-14-9-15-42(27)34(3,4)5/h7-18,35H,19H2,1-6H3,(H,36,37,38,39).